The van der Waals surface area contributed by atoms with E-state index in [2.05, 4.69) is 10.2 Å². The second-order valence-corrected chi connectivity index (χ2v) is 4.66. The highest BCUT2D eigenvalue weighted by molar-refractivity contribution is 6.30. The molecular formula is C13H12ClFN2O3. The number of hydrogen-bond acceptors (Lipinski definition) is 4. The molecule has 0 unspecified atom stereocenters. The fraction of sp³-hybridized carbons (Fsp3) is 0.308. The smallest absolute Gasteiger partial charge is 0.303 e. The van der Waals surface area contributed by atoms with Crippen molar-refractivity contribution in [2.24, 2.45) is 0 Å². The third kappa shape index (κ3) is 3.77. The quantitative estimate of drug-likeness (QED) is 0.828. The number of aryl methyl sites for hydroxylation is 1. The van der Waals surface area contributed by atoms with Crippen molar-refractivity contribution in [2.45, 2.75) is 25.7 Å². The summed E-state index contributed by atoms with van der Waals surface area (Å²) in [7, 11) is 0. The number of aliphatic carboxylic acids is 1. The largest absolute Gasteiger partial charge is 0.481 e. The molecule has 1 heterocycles. The minimum absolute atomic E-state index is 0.0678. The van der Waals surface area contributed by atoms with Crippen molar-refractivity contribution >= 4 is 17.6 Å². The second-order valence-electron chi connectivity index (χ2n) is 4.23. The standard InChI is InChI=1S/C13H12ClFN2O3/c14-8-5-6-10(15)9(7-8)13-17-16-11(20-13)3-1-2-4-12(18)19/h5-7H,1-4H2,(H,18,19). The van der Waals surface area contributed by atoms with Crippen LogP contribution in [0.15, 0.2) is 22.6 Å². The number of halogens is 2. The van der Waals surface area contributed by atoms with Gasteiger partial charge in [-0.3, -0.25) is 4.79 Å². The van der Waals surface area contributed by atoms with Crippen LogP contribution in [0, 0.1) is 5.82 Å². The molecule has 0 aliphatic rings. The van der Waals surface area contributed by atoms with Crippen LogP contribution in [0.3, 0.4) is 0 Å². The van der Waals surface area contributed by atoms with E-state index in [4.69, 9.17) is 21.1 Å². The van der Waals surface area contributed by atoms with Gasteiger partial charge in [0.25, 0.3) is 5.89 Å². The summed E-state index contributed by atoms with van der Waals surface area (Å²) in [6, 6.07) is 4.08. The van der Waals surface area contributed by atoms with Crippen molar-refractivity contribution in [1.82, 2.24) is 10.2 Å². The fourth-order valence-corrected chi connectivity index (χ4v) is 1.85. The van der Waals surface area contributed by atoms with Crippen molar-refractivity contribution in [3.8, 4) is 11.5 Å². The van der Waals surface area contributed by atoms with E-state index in [0.717, 1.165) is 0 Å². The zero-order valence-corrected chi connectivity index (χ0v) is 11.2. The molecule has 0 bridgehead atoms. The van der Waals surface area contributed by atoms with Gasteiger partial charge in [-0.15, -0.1) is 10.2 Å². The lowest BCUT2D eigenvalue weighted by molar-refractivity contribution is -0.137. The maximum atomic E-state index is 13.6. The van der Waals surface area contributed by atoms with E-state index in [0.29, 0.717) is 30.2 Å². The molecule has 1 N–H and O–H groups in total. The average Bonchev–Trinajstić information content (AvgIpc) is 2.86. The Labute approximate surface area is 119 Å². The number of rotatable bonds is 6. The highest BCUT2D eigenvalue weighted by Crippen LogP contribution is 2.25. The Hall–Kier alpha value is -1.95. The summed E-state index contributed by atoms with van der Waals surface area (Å²) in [5.74, 6) is -0.907. The number of hydrogen-bond donors (Lipinski definition) is 1. The Morgan fingerprint density at radius 3 is 2.90 bits per heavy atom. The van der Waals surface area contributed by atoms with E-state index < -0.39 is 11.8 Å². The van der Waals surface area contributed by atoms with Gasteiger partial charge in [0, 0.05) is 17.9 Å². The van der Waals surface area contributed by atoms with E-state index in [1.54, 1.807) is 0 Å². The summed E-state index contributed by atoms with van der Waals surface area (Å²) in [6.45, 7) is 0. The van der Waals surface area contributed by atoms with Crippen molar-refractivity contribution in [3.63, 3.8) is 0 Å². The topological polar surface area (TPSA) is 76.2 Å². The van der Waals surface area contributed by atoms with Crippen LogP contribution in [0.5, 0.6) is 0 Å². The van der Waals surface area contributed by atoms with Gasteiger partial charge in [-0.25, -0.2) is 4.39 Å². The molecule has 0 saturated carbocycles. The van der Waals surface area contributed by atoms with Gasteiger partial charge in [0.2, 0.25) is 5.89 Å². The maximum Gasteiger partial charge on any atom is 0.303 e. The van der Waals surface area contributed by atoms with E-state index in [1.807, 2.05) is 0 Å². The lowest BCUT2D eigenvalue weighted by atomic mass is 10.2. The Morgan fingerprint density at radius 2 is 2.15 bits per heavy atom. The van der Waals surface area contributed by atoms with Crippen molar-refractivity contribution in [3.05, 3.63) is 34.9 Å². The van der Waals surface area contributed by atoms with Crippen molar-refractivity contribution in [1.29, 1.82) is 0 Å². The normalized spacial score (nSPS) is 10.7. The molecule has 7 heteroatoms. The lowest BCUT2D eigenvalue weighted by Gasteiger charge is -1.98. The van der Waals surface area contributed by atoms with Crippen LogP contribution in [-0.4, -0.2) is 21.3 Å². The molecular weight excluding hydrogens is 287 g/mol. The van der Waals surface area contributed by atoms with E-state index in [9.17, 15) is 9.18 Å². The fourth-order valence-electron chi connectivity index (χ4n) is 1.68. The first-order chi connectivity index (χ1) is 9.56. The number of aromatic nitrogens is 2. The zero-order chi connectivity index (χ0) is 14.5. The van der Waals surface area contributed by atoms with Gasteiger partial charge in [-0.05, 0) is 31.0 Å². The molecule has 0 aliphatic heterocycles. The van der Waals surface area contributed by atoms with Crippen LogP contribution in [0.2, 0.25) is 5.02 Å². The highest BCUT2D eigenvalue weighted by Gasteiger charge is 2.13. The monoisotopic (exact) mass is 298 g/mol. The van der Waals surface area contributed by atoms with E-state index in [-0.39, 0.29) is 17.9 Å². The molecule has 1 aromatic heterocycles. The molecule has 0 radical (unpaired) electrons. The molecule has 5 nitrogen and oxygen atoms in total. The predicted molar refractivity (Wildman–Crippen MR) is 69.9 cm³/mol. The molecule has 0 amide bonds. The first kappa shape index (κ1) is 14.5. The SMILES string of the molecule is O=C(O)CCCCc1nnc(-c2cc(Cl)ccc2F)o1. The van der Waals surface area contributed by atoms with Crippen LogP contribution in [0.25, 0.3) is 11.5 Å². The first-order valence-corrected chi connectivity index (χ1v) is 6.43. The van der Waals surface area contributed by atoms with Gasteiger partial charge in [-0.1, -0.05) is 11.6 Å². The number of benzene rings is 1. The number of carboxylic acid groups (broad SMARTS) is 1. The summed E-state index contributed by atoms with van der Waals surface area (Å²) in [5, 5.41) is 16.5. The molecule has 2 aromatic rings. The molecule has 0 spiro atoms. The van der Waals surface area contributed by atoms with Gasteiger partial charge in [-0.2, -0.15) is 0 Å². The molecule has 0 saturated heterocycles. The van der Waals surface area contributed by atoms with Crippen LogP contribution in [0.1, 0.15) is 25.2 Å². The first-order valence-electron chi connectivity index (χ1n) is 6.06. The van der Waals surface area contributed by atoms with Gasteiger partial charge in [0.1, 0.15) is 5.82 Å². The van der Waals surface area contributed by atoms with Gasteiger partial charge >= 0.3 is 5.97 Å². The minimum Gasteiger partial charge on any atom is -0.481 e. The highest BCUT2D eigenvalue weighted by atomic mass is 35.5. The molecule has 0 aliphatic carbocycles. The number of carboxylic acids is 1. The van der Waals surface area contributed by atoms with Crippen LogP contribution in [-0.2, 0) is 11.2 Å². The number of unbranched alkanes of at least 4 members (excludes halogenated alkanes) is 1. The summed E-state index contributed by atoms with van der Waals surface area (Å²) < 4.78 is 19.0. The average molecular weight is 299 g/mol. The summed E-state index contributed by atoms with van der Waals surface area (Å²) in [4.78, 5) is 10.4. The number of nitrogens with zero attached hydrogens (tertiary/aromatic N) is 2. The predicted octanol–water partition coefficient (Wildman–Crippen LogP) is 3.33. The molecule has 1 aromatic carbocycles. The maximum absolute atomic E-state index is 13.6. The van der Waals surface area contributed by atoms with Gasteiger partial charge < -0.3 is 9.52 Å². The molecule has 106 valence electrons. The molecule has 0 atom stereocenters. The summed E-state index contributed by atoms with van der Waals surface area (Å²) >= 11 is 5.79. The molecule has 20 heavy (non-hydrogen) atoms. The van der Waals surface area contributed by atoms with Crippen LogP contribution in [0.4, 0.5) is 4.39 Å². The zero-order valence-electron chi connectivity index (χ0n) is 10.5. The van der Waals surface area contributed by atoms with Crippen molar-refractivity contribution in [2.75, 3.05) is 0 Å². The summed E-state index contributed by atoms with van der Waals surface area (Å²) in [5.41, 5.74) is 0.154. The minimum atomic E-state index is -0.836. The molecule has 0 fully saturated rings. The van der Waals surface area contributed by atoms with Crippen LogP contribution < -0.4 is 0 Å². The van der Waals surface area contributed by atoms with E-state index in [1.165, 1.54) is 18.2 Å². The summed E-state index contributed by atoms with van der Waals surface area (Å²) in [6.07, 6.45) is 1.71. The van der Waals surface area contributed by atoms with Crippen LogP contribution >= 0.6 is 11.6 Å². The second kappa shape index (κ2) is 6.47. The van der Waals surface area contributed by atoms with Crippen molar-refractivity contribution < 1.29 is 18.7 Å². The van der Waals surface area contributed by atoms with Gasteiger partial charge in [0.15, 0.2) is 0 Å². The third-order valence-electron chi connectivity index (χ3n) is 2.66. The molecule has 2 rings (SSSR count). The Kier molecular flexibility index (Phi) is 4.68. The number of carbonyl (C=O) groups is 1. The van der Waals surface area contributed by atoms with E-state index >= 15 is 0 Å². The Morgan fingerprint density at radius 1 is 1.35 bits per heavy atom. The lowest BCUT2D eigenvalue weighted by Crippen LogP contribution is -1.95. The Bertz CT molecular complexity index is 615. The Balaban J connectivity index is 2.01. The third-order valence-corrected chi connectivity index (χ3v) is 2.89. The van der Waals surface area contributed by atoms with Gasteiger partial charge in [0.05, 0.1) is 5.56 Å².